The number of hydrogen-bond donors (Lipinski definition) is 0. The lowest BCUT2D eigenvalue weighted by Gasteiger charge is -2.31. The molecule has 0 aliphatic carbocycles. The number of nitro groups is 1. The van der Waals surface area contributed by atoms with Crippen LogP contribution in [-0.4, -0.2) is 20.9 Å². The van der Waals surface area contributed by atoms with Crippen LogP contribution in [0.1, 0.15) is 29.3 Å². The summed E-state index contributed by atoms with van der Waals surface area (Å²) >= 11 is 12.9. The molecular formula is C21H19Cl2N3O2. The summed E-state index contributed by atoms with van der Waals surface area (Å²) < 4.78 is 2.20. The number of benzene rings is 2. The maximum Gasteiger partial charge on any atom is 0.269 e. The Balaban J connectivity index is 1.83. The number of fused-ring (bicyclic) bond motifs is 1. The van der Waals surface area contributed by atoms with E-state index in [9.17, 15) is 10.1 Å². The Morgan fingerprint density at radius 2 is 1.86 bits per heavy atom. The van der Waals surface area contributed by atoms with Crippen LogP contribution in [0, 0.1) is 10.1 Å². The molecule has 4 rings (SSSR count). The average Bonchev–Trinajstić information content (AvgIpc) is 3.06. The Morgan fingerprint density at radius 3 is 2.64 bits per heavy atom. The largest absolute Gasteiger partial charge is 0.350 e. The van der Waals surface area contributed by atoms with Crippen LogP contribution < -0.4 is 0 Å². The van der Waals surface area contributed by atoms with Crippen molar-refractivity contribution in [2.75, 3.05) is 6.54 Å². The minimum Gasteiger partial charge on any atom is -0.350 e. The van der Waals surface area contributed by atoms with Gasteiger partial charge in [-0.1, -0.05) is 41.4 Å². The Kier molecular flexibility index (Phi) is 5.40. The predicted molar refractivity (Wildman–Crippen MR) is 111 cm³/mol. The number of rotatable bonds is 4. The molecule has 0 amide bonds. The molecule has 5 nitrogen and oxygen atoms in total. The highest BCUT2D eigenvalue weighted by Crippen LogP contribution is 2.38. The molecule has 1 atom stereocenters. The first-order valence-electron chi connectivity index (χ1n) is 9.11. The van der Waals surface area contributed by atoms with Gasteiger partial charge < -0.3 is 4.57 Å². The van der Waals surface area contributed by atoms with Crippen LogP contribution in [0.4, 0.5) is 5.69 Å². The minimum absolute atomic E-state index is 0.0412. The summed E-state index contributed by atoms with van der Waals surface area (Å²) in [5.41, 5.74) is 2.88. The number of aryl methyl sites for hydroxylation is 1. The second-order valence-corrected chi connectivity index (χ2v) is 7.72. The van der Waals surface area contributed by atoms with Gasteiger partial charge >= 0.3 is 0 Å². The van der Waals surface area contributed by atoms with Gasteiger partial charge in [0.15, 0.2) is 0 Å². The number of nitrogens with zero attached hydrogens (tertiary/aromatic N) is 3. The number of hydrogen-bond acceptors (Lipinski definition) is 3. The van der Waals surface area contributed by atoms with Crippen molar-refractivity contribution in [2.45, 2.75) is 25.6 Å². The quantitative estimate of drug-likeness (QED) is 0.405. The summed E-state index contributed by atoms with van der Waals surface area (Å²) in [6.07, 6.45) is 3.02. The molecule has 2 aromatic carbocycles. The van der Waals surface area contributed by atoms with Gasteiger partial charge in [0.2, 0.25) is 0 Å². The smallest absolute Gasteiger partial charge is 0.269 e. The van der Waals surface area contributed by atoms with Crippen LogP contribution in [0.15, 0.2) is 60.8 Å². The summed E-state index contributed by atoms with van der Waals surface area (Å²) in [5.74, 6) is 0. The molecule has 28 heavy (non-hydrogen) atoms. The molecule has 2 heterocycles. The third-order valence-electron chi connectivity index (χ3n) is 5.17. The van der Waals surface area contributed by atoms with E-state index in [0.717, 1.165) is 36.3 Å². The monoisotopic (exact) mass is 415 g/mol. The summed E-state index contributed by atoms with van der Waals surface area (Å²) in [4.78, 5) is 13.3. The number of non-ortho nitro benzene ring substituents is 1. The van der Waals surface area contributed by atoms with Crippen molar-refractivity contribution in [1.29, 1.82) is 0 Å². The Labute approximate surface area is 173 Å². The first-order valence-corrected chi connectivity index (χ1v) is 9.86. The fourth-order valence-corrected chi connectivity index (χ4v) is 4.28. The van der Waals surface area contributed by atoms with Crippen LogP contribution in [0.2, 0.25) is 10.0 Å². The molecule has 1 aliphatic rings. The van der Waals surface area contributed by atoms with E-state index in [-0.39, 0.29) is 16.7 Å². The predicted octanol–water partition coefficient (Wildman–Crippen LogP) is 5.70. The molecule has 1 aliphatic heterocycles. The molecule has 0 spiro atoms. The first kappa shape index (κ1) is 19.0. The second-order valence-electron chi connectivity index (χ2n) is 6.91. The molecule has 1 aromatic heterocycles. The highest BCUT2D eigenvalue weighted by Gasteiger charge is 2.30. The van der Waals surface area contributed by atoms with E-state index in [0.29, 0.717) is 16.6 Å². The average molecular weight is 416 g/mol. The zero-order chi connectivity index (χ0) is 19.7. The Hall–Kier alpha value is -2.34. The molecule has 0 fully saturated rings. The SMILES string of the molecule is O=[N+]([O-])c1ccc(Cl)c(C2c3cccn3CCCN2Cc2ccccc2Cl)c1. The zero-order valence-electron chi connectivity index (χ0n) is 15.1. The highest BCUT2D eigenvalue weighted by molar-refractivity contribution is 6.31. The van der Waals surface area contributed by atoms with Crippen LogP contribution in [-0.2, 0) is 13.1 Å². The zero-order valence-corrected chi connectivity index (χ0v) is 16.6. The fourth-order valence-electron chi connectivity index (χ4n) is 3.87. The number of nitro benzene ring substituents is 1. The van der Waals surface area contributed by atoms with Gasteiger partial charge in [-0.2, -0.15) is 0 Å². The van der Waals surface area contributed by atoms with E-state index in [1.807, 2.05) is 36.5 Å². The van der Waals surface area contributed by atoms with Crippen LogP contribution in [0.25, 0.3) is 0 Å². The lowest BCUT2D eigenvalue weighted by molar-refractivity contribution is -0.384. The Bertz CT molecular complexity index is 1020. The summed E-state index contributed by atoms with van der Waals surface area (Å²) in [7, 11) is 0. The van der Waals surface area contributed by atoms with Crippen molar-refractivity contribution in [2.24, 2.45) is 0 Å². The number of halogens is 2. The molecule has 0 bridgehead atoms. The van der Waals surface area contributed by atoms with E-state index in [1.54, 1.807) is 12.1 Å². The van der Waals surface area contributed by atoms with Crippen molar-refractivity contribution in [1.82, 2.24) is 9.47 Å². The van der Waals surface area contributed by atoms with Crippen LogP contribution in [0.5, 0.6) is 0 Å². The van der Waals surface area contributed by atoms with Gasteiger partial charge in [-0.25, -0.2) is 0 Å². The van der Waals surface area contributed by atoms with Crippen molar-refractivity contribution in [3.8, 4) is 0 Å². The van der Waals surface area contributed by atoms with Gasteiger partial charge in [-0.05, 0) is 36.2 Å². The number of aromatic nitrogens is 1. The maximum atomic E-state index is 11.4. The van der Waals surface area contributed by atoms with E-state index in [1.165, 1.54) is 6.07 Å². The highest BCUT2D eigenvalue weighted by atomic mass is 35.5. The lowest BCUT2D eigenvalue weighted by Crippen LogP contribution is -2.30. The van der Waals surface area contributed by atoms with Crippen LogP contribution in [0.3, 0.4) is 0 Å². The third-order valence-corrected chi connectivity index (χ3v) is 5.88. The third kappa shape index (κ3) is 3.65. The topological polar surface area (TPSA) is 51.3 Å². The second kappa shape index (κ2) is 7.95. The van der Waals surface area contributed by atoms with Gasteiger partial charge in [0, 0.05) is 59.3 Å². The Morgan fingerprint density at radius 1 is 1.04 bits per heavy atom. The van der Waals surface area contributed by atoms with E-state index < -0.39 is 0 Å². The molecule has 0 N–H and O–H groups in total. The maximum absolute atomic E-state index is 11.4. The minimum atomic E-state index is -0.381. The van der Waals surface area contributed by atoms with Crippen LogP contribution >= 0.6 is 23.2 Å². The normalized spacial score (nSPS) is 17.1. The standard InChI is InChI=1S/C21H19Cl2N3O2/c22-18-6-2-1-5-15(18)14-25-12-4-11-24-10-3-7-20(24)21(25)17-13-16(26(27)28)8-9-19(17)23/h1-3,5-10,13,21H,4,11-12,14H2. The molecule has 1 unspecified atom stereocenters. The summed E-state index contributed by atoms with van der Waals surface area (Å²) in [6, 6.07) is 16.3. The van der Waals surface area contributed by atoms with Gasteiger partial charge in [-0.3, -0.25) is 15.0 Å². The van der Waals surface area contributed by atoms with Gasteiger partial charge in [0.25, 0.3) is 5.69 Å². The van der Waals surface area contributed by atoms with Crippen molar-refractivity contribution >= 4 is 28.9 Å². The summed E-state index contributed by atoms with van der Waals surface area (Å²) in [5, 5.41) is 12.6. The fraction of sp³-hybridized carbons (Fsp3) is 0.238. The molecule has 144 valence electrons. The lowest BCUT2D eigenvalue weighted by atomic mass is 10.00. The molecule has 7 heteroatoms. The van der Waals surface area contributed by atoms with E-state index in [4.69, 9.17) is 23.2 Å². The van der Waals surface area contributed by atoms with Gasteiger partial charge in [-0.15, -0.1) is 0 Å². The molecule has 0 radical (unpaired) electrons. The van der Waals surface area contributed by atoms with E-state index in [2.05, 4.69) is 15.5 Å². The van der Waals surface area contributed by atoms with Crippen molar-refractivity contribution in [3.05, 3.63) is 97.8 Å². The molecule has 0 saturated carbocycles. The first-order chi connectivity index (χ1) is 13.5. The van der Waals surface area contributed by atoms with Crippen molar-refractivity contribution < 1.29 is 4.92 Å². The van der Waals surface area contributed by atoms with Crippen molar-refractivity contribution in [3.63, 3.8) is 0 Å². The molecule has 0 saturated heterocycles. The molecule has 3 aromatic rings. The molecular weight excluding hydrogens is 397 g/mol. The van der Waals surface area contributed by atoms with Gasteiger partial charge in [0.05, 0.1) is 11.0 Å². The summed E-state index contributed by atoms with van der Waals surface area (Å²) in [6.45, 7) is 2.36. The van der Waals surface area contributed by atoms with Gasteiger partial charge in [0.1, 0.15) is 0 Å². The van der Waals surface area contributed by atoms with E-state index >= 15 is 0 Å².